The predicted molar refractivity (Wildman–Crippen MR) is 102 cm³/mol. The highest BCUT2D eigenvalue weighted by atomic mass is 16.5. The van der Waals surface area contributed by atoms with Crippen molar-refractivity contribution in [1.82, 2.24) is 15.2 Å². The van der Waals surface area contributed by atoms with Crippen molar-refractivity contribution < 1.29 is 4.74 Å². The second-order valence-electron chi connectivity index (χ2n) is 5.90. The van der Waals surface area contributed by atoms with Crippen LogP contribution in [0.25, 0.3) is 5.57 Å². The van der Waals surface area contributed by atoms with Gasteiger partial charge in [-0.25, -0.2) is 4.98 Å². The molecule has 0 saturated carbocycles. The first-order chi connectivity index (χ1) is 12.3. The summed E-state index contributed by atoms with van der Waals surface area (Å²) in [4.78, 5) is 10.8. The van der Waals surface area contributed by atoms with Crippen molar-refractivity contribution >= 4 is 11.5 Å². The fourth-order valence-corrected chi connectivity index (χ4v) is 2.96. The van der Waals surface area contributed by atoms with Gasteiger partial charge in [-0.05, 0) is 29.2 Å². The SMILES string of the molecule is CN=C(NCc1ccnc(OC)c1)N1CC=C(c2ccccc2)CC1. The summed E-state index contributed by atoms with van der Waals surface area (Å²) in [5, 5.41) is 3.42. The Morgan fingerprint density at radius 3 is 2.80 bits per heavy atom. The van der Waals surface area contributed by atoms with E-state index in [9.17, 15) is 0 Å². The number of aliphatic imine (C=N–C) groups is 1. The highest BCUT2D eigenvalue weighted by Crippen LogP contribution is 2.22. The van der Waals surface area contributed by atoms with Gasteiger partial charge in [-0.1, -0.05) is 36.4 Å². The lowest BCUT2D eigenvalue weighted by Gasteiger charge is -2.29. The molecule has 25 heavy (non-hydrogen) atoms. The van der Waals surface area contributed by atoms with E-state index in [4.69, 9.17) is 4.74 Å². The van der Waals surface area contributed by atoms with E-state index in [-0.39, 0.29) is 0 Å². The van der Waals surface area contributed by atoms with Gasteiger partial charge in [-0.2, -0.15) is 0 Å². The van der Waals surface area contributed by atoms with E-state index >= 15 is 0 Å². The molecule has 5 heteroatoms. The zero-order valence-corrected chi connectivity index (χ0v) is 14.8. The molecule has 2 aromatic rings. The monoisotopic (exact) mass is 336 g/mol. The number of nitrogens with one attached hydrogen (secondary N) is 1. The Kier molecular flexibility index (Phi) is 5.67. The fourth-order valence-electron chi connectivity index (χ4n) is 2.96. The molecule has 1 aliphatic rings. The summed E-state index contributed by atoms with van der Waals surface area (Å²) < 4.78 is 5.17. The van der Waals surface area contributed by atoms with Gasteiger partial charge < -0.3 is 15.0 Å². The third-order valence-corrected chi connectivity index (χ3v) is 4.32. The molecule has 1 aromatic carbocycles. The van der Waals surface area contributed by atoms with Gasteiger partial charge in [-0.15, -0.1) is 0 Å². The highest BCUT2D eigenvalue weighted by molar-refractivity contribution is 5.81. The fraction of sp³-hybridized carbons (Fsp3) is 0.300. The largest absolute Gasteiger partial charge is 0.481 e. The second kappa shape index (κ2) is 8.33. The van der Waals surface area contributed by atoms with Gasteiger partial charge in [0.15, 0.2) is 5.96 Å². The van der Waals surface area contributed by atoms with E-state index in [1.807, 2.05) is 19.2 Å². The van der Waals surface area contributed by atoms with E-state index in [0.29, 0.717) is 12.4 Å². The van der Waals surface area contributed by atoms with Crippen molar-refractivity contribution in [2.75, 3.05) is 27.2 Å². The molecule has 0 bridgehead atoms. The van der Waals surface area contributed by atoms with E-state index in [0.717, 1.165) is 31.0 Å². The molecular weight excluding hydrogens is 312 g/mol. The van der Waals surface area contributed by atoms with E-state index in [1.165, 1.54) is 11.1 Å². The van der Waals surface area contributed by atoms with Crippen LogP contribution >= 0.6 is 0 Å². The molecule has 1 N–H and O–H groups in total. The molecular formula is C20H24N4O. The van der Waals surface area contributed by atoms with Gasteiger partial charge in [0.2, 0.25) is 5.88 Å². The summed E-state index contributed by atoms with van der Waals surface area (Å²) in [5.41, 5.74) is 3.84. The van der Waals surface area contributed by atoms with Gasteiger partial charge in [0.25, 0.3) is 0 Å². The van der Waals surface area contributed by atoms with Crippen LogP contribution < -0.4 is 10.1 Å². The molecule has 3 rings (SSSR count). The maximum absolute atomic E-state index is 5.17. The minimum absolute atomic E-state index is 0.627. The van der Waals surface area contributed by atoms with Gasteiger partial charge >= 0.3 is 0 Å². The summed E-state index contributed by atoms with van der Waals surface area (Å²) in [6.45, 7) is 2.51. The van der Waals surface area contributed by atoms with Crippen molar-refractivity contribution in [2.24, 2.45) is 4.99 Å². The van der Waals surface area contributed by atoms with Gasteiger partial charge in [0.05, 0.1) is 7.11 Å². The average Bonchev–Trinajstić information content (AvgIpc) is 2.70. The predicted octanol–water partition coefficient (Wildman–Crippen LogP) is 2.95. The molecule has 5 nitrogen and oxygen atoms in total. The molecule has 1 aromatic heterocycles. The van der Waals surface area contributed by atoms with Crippen molar-refractivity contribution in [3.8, 4) is 5.88 Å². The van der Waals surface area contributed by atoms with Crippen molar-refractivity contribution in [3.05, 3.63) is 65.9 Å². The normalized spacial score (nSPS) is 14.9. The molecule has 0 atom stereocenters. The zero-order chi connectivity index (χ0) is 17.5. The van der Waals surface area contributed by atoms with Crippen molar-refractivity contribution in [2.45, 2.75) is 13.0 Å². The quantitative estimate of drug-likeness (QED) is 0.689. The first-order valence-corrected chi connectivity index (χ1v) is 8.49. The summed E-state index contributed by atoms with van der Waals surface area (Å²) in [6.07, 6.45) is 5.07. The standard InChI is InChI=1S/C20H24N4O/c1-21-20(23-15-16-8-11-22-19(14-16)25-2)24-12-9-18(10-13-24)17-6-4-3-5-7-17/h3-9,11,14H,10,12-13,15H2,1-2H3,(H,21,23). The van der Waals surface area contributed by atoms with Crippen molar-refractivity contribution in [1.29, 1.82) is 0 Å². The lowest BCUT2D eigenvalue weighted by molar-refractivity contribution is 0.397. The number of hydrogen-bond acceptors (Lipinski definition) is 3. The maximum atomic E-state index is 5.17. The van der Waals surface area contributed by atoms with Gasteiger partial charge in [0, 0.05) is 38.9 Å². The smallest absolute Gasteiger partial charge is 0.213 e. The van der Waals surface area contributed by atoms with E-state index < -0.39 is 0 Å². The molecule has 130 valence electrons. The number of aromatic nitrogens is 1. The summed E-state index contributed by atoms with van der Waals surface area (Å²) in [6, 6.07) is 14.5. The molecule has 0 radical (unpaired) electrons. The number of ether oxygens (including phenoxy) is 1. The van der Waals surface area contributed by atoms with Gasteiger partial charge in [-0.3, -0.25) is 4.99 Å². The Morgan fingerprint density at radius 1 is 1.28 bits per heavy atom. The van der Waals surface area contributed by atoms with Crippen LogP contribution in [0.15, 0.2) is 59.7 Å². The Hall–Kier alpha value is -2.82. The van der Waals surface area contributed by atoms with E-state index in [2.05, 4.69) is 56.6 Å². The Morgan fingerprint density at radius 2 is 2.12 bits per heavy atom. The number of benzene rings is 1. The zero-order valence-electron chi connectivity index (χ0n) is 14.8. The summed E-state index contributed by atoms with van der Waals surface area (Å²) in [7, 11) is 3.45. The highest BCUT2D eigenvalue weighted by Gasteiger charge is 2.16. The van der Waals surface area contributed by atoms with Crippen LogP contribution in [-0.4, -0.2) is 43.1 Å². The van der Waals surface area contributed by atoms with Crippen LogP contribution in [0.5, 0.6) is 5.88 Å². The van der Waals surface area contributed by atoms with Crippen LogP contribution in [-0.2, 0) is 6.54 Å². The van der Waals surface area contributed by atoms with Crippen LogP contribution in [0, 0.1) is 0 Å². The molecule has 0 saturated heterocycles. The minimum atomic E-state index is 0.627. The topological polar surface area (TPSA) is 49.8 Å². The molecule has 0 unspecified atom stereocenters. The number of rotatable bonds is 4. The van der Waals surface area contributed by atoms with E-state index in [1.54, 1.807) is 13.3 Å². The summed E-state index contributed by atoms with van der Waals surface area (Å²) in [5.74, 6) is 1.54. The van der Waals surface area contributed by atoms with Crippen LogP contribution in [0.3, 0.4) is 0 Å². The number of pyridine rings is 1. The van der Waals surface area contributed by atoms with Crippen LogP contribution in [0.4, 0.5) is 0 Å². The molecule has 0 aliphatic carbocycles. The lowest BCUT2D eigenvalue weighted by atomic mass is 10.00. The first kappa shape index (κ1) is 17.0. The number of methoxy groups -OCH3 is 1. The molecule has 2 heterocycles. The van der Waals surface area contributed by atoms with Crippen LogP contribution in [0.2, 0.25) is 0 Å². The average molecular weight is 336 g/mol. The third-order valence-electron chi connectivity index (χ3n) is 4.32. The Labute approximate surface area is 149 Å². The minimum Gasteiger partial charge on any atom is -0.481 e. The molecule has 0 spiro atoms. The molecule has 0 amide bonds. The number of hydrogen-bond donors (Lipinski definition) is 1. The lowest BCUT2D eigenvalue weighted by Crippen LogP contribution is -2.43. The molecule has 0 fully saturated rings. The molecule has 1 aliphatic heterocycles. The summed E-state index contributed by atoms with van der Waals surface area (Å²) >= 11 is 0. The second-order valence-corrected chi connectivity index (χ2v) is 5.90. The number of nitrogens with zero attached hydrogens (tertiary/aromatic N) is 3. The van der Waals surface area contributed by atoms with Crippen molar-refractivity contribution in [3.63, 3.8) is 0 Å². The van der Waals surface area contributed by atoms with Crippen LogP contribution in [0.1, 0.15) is 17.5 Å². The Bertz CT molecular complexity index is 755. The maximum Gasteiger partial charge on any atom is 0.213 e. The first-order valence-electron chi connectivity index (χ1n) is 8.49. The third kappa shape index (κ3) is 4.38. The number of guanidine groups is 1. The Balaban J connectivity index is 1.60. The van der Waals surface area contributed by atoms with Gasteiger partial charge in [0.1, 0.15) is 0 Å².